The first-order chi connectivity index (χ1) is 8.08. The van der Waals surface area contributed by atoms with Crippen LogP contribution in [0.15, 0.2) is 30.5 Å². The summed E-state index contributed by atoms with van der Waals surface area (Å²) in [6.45, 7) is 4.09. The van der Waals surface area contributed by atoms with Crippen LogP contribution in [0.2, 0.25) is 0 Å². The number of nitrogens with two attached hydrogens (primary N) is 1. The third kappa shape index (κ3) is 2.30. The number of carbonyl (C=O) groups excluding carboxylic acids is 1. The lowest BCUT2D eigenvalue weighted by molar-refractivity contribution is 0.0990. The van der Waals surface area contributed by atoms with E-state index in [2.05, 4.69) is 9.97 Å². The highest BCUT2D eigenvalue weighted by Gasteiger charge is 2.07. The van der Waals surface area contributed by atoms with Crippen molar-refractivity contribution in [2.24, 2.45) is 5.73 Å². The van der Waals surface area contributed by atoms with Crippen LogP contribution < -0.4 is 5.73 Å². The Morgan fingerprint density at radius 1 is 1.18 bits per heavy atom. The normalized spacial score (nSPS) is 10.2. The number of aryl methyl sites for hydroxylation is 2. The number of benzene rings is 1. The van der Waals surface area contributed by atoms with Gasteiger partial charge in [-0.25, -0.2) is 9.97 Å². The first-order valence-electron chi connectivity index (χ1n) is 5.28. The van der Waals surface area contributed by atoms with Gasteiger partial charge in [0.15, 0.2) is 0 Å². The quantitative estimate of drug-likeness (QED) is 0.851. The maximum atomic E-state index is 11.0. The summed E-state index contributed by atoms with van der Waals surface area (Å²) < 4.78 is 0. The van der Waals surface area contributed by atoms with E-state index in [-0.39, 0.29) is 5.82 Å². The van der Waals surface area contributed by atoms with E-state index in [1.54, 1.807) is 6.07 Å². The molecule has 2 rings (SSSR count). The predicted octanol–water partition coefficient (Wildman–Crippen LogP) is 1.86. The Hall–Kier alpha value is -2.23. The Kier molecular flexibility index (Phi) is 2.87. The summed E-state index contributed by atoms with van der Waals surface area (Å²) in [7, 11) is 0. The molecular formula is C13H13N3O. The Balaban J connectivity index is 2.49. The molecule has 2 aromatic rings. The lowest BCUT2D eigenvalue weighted by Gasteiger charge is -2.05. The standard InChI is InChI=1S/C13H13N3O/c1-8-3-4-10(7-9(8)2)11-5-6-15-13(16-11)12(14)17/h3-7H,1-2H3,(H2,14,17). The minimum Gasteiger partial charge on any atom is -0.363 e. The molecule has 0 spiro atoms. The zero-order valence-corrected chi connectivity index (χ0v) is 9.77. The van der Waals surface area contributed by atoms with Crippen molar-refractivity contribution in [2.45, 2.75) is 13.8 Å². The number of rotatable bonds is 2. The monoisotopic (exact) mass is 227 g/mol. The van der Waals surface area contributed by atoms with Crippen LogP contribution in [0.5, 0.6) is 0 Å². The second kappa shape index (κ2) is 4.33. The molecule has 4 heteroatoms. The Labute approximate surface area is 99.5 Å². The minimum absolute atomic E-state index is 0.0423. The molecule has 0 aliphatic heterocycles. The lowest BCUT2D eigenvalue weighted by Crippen LogP contribution is -2.15. The van der Waals surface area contributed by atoms with E-state index in [0.717, 1.165) is 5.56 Å². The third-order valence-electron chi connectivity index (χ3n) is 2.68. The summed E-state index contributed by atoms with van der Waals surface area (Å²) in [6.07, 6.45) is 1.54. The Bertz CT molecular complexity index is 579. The molecule has 0 unspecified atom stereocenters. The maximum absolute atomic E-state index is 11.0. The van der Waals surface area contributed by atoms with Crippen LogP contribution in [-0.4, -0.2) is 15.9 Å². The van der Waals surface area contributed by atoms with Gasteiger partial charge < -0.3 is 5.73 Å². The van der Waals surface area contributed by atoms with E-state index < -0.39 is 5.91 Å². The van der Waals surface area contributed by atoms with E-state index in [1.807, 2.05) is 32.0 Å². The lowest BCUT2D eigenvalue weighted by atomic mass is 10.0. The summed E-state index contributed by atoms with van der Waals surface area (Å²) >= 11 is 0. The van der Waals surface area contributed by atoms with Gasteiger partial charge >= 0.3 is 0 Å². The molecule has 86 valence electrons. The topological polar surface area (TPSA) is 68.9 Å². The number of amides is 1. The third-order valence-corrected chi connectivity index (χ3v) is 2.68. The number of primary amides is 1. The van der Waals surface area contributed by atoms with Crippen LogP contribution in [0.1, 0.15) is 21.7 Å². The first-order valence-corrected chi connectivity index (χ1v) is 5.28. The second-order valence-corrected chi connectivity index (χ2v) is 3.93. The van der Waals surface area contributed by atoms with Gasteiger partial charge in [0, 0.05) is 11.8 Å². The van der Waals surface area contributed by atoms with Gasteiger partial charge in [-0.2, -0.15) is 0 Å². The first kappa shape index (κ1) is 11.3. The van der Waals surface area contributed by atoms with Crippen molar-refractivity contribution in [1.82, 2.24) is 9.97 Å². The summed E-state index contributed by atoms with van der Waals surface area (Å²) in [5.74, 6) is -0.573. The summed E-state index contributed by atoms with van der Waals surface area (Å²) in [5.41, 5.74) is 9.22. The zero-order valence-electron chi connectivity index (χ0n) is 9.77. The van der Waals surface area contributed by atoms with E-state index in [0.29, 0.717) is 5.69 Å². The molecule has 1 aromatic heterocycles. The molecule has 1 aromatic carbocycles. The van der Waals surface area contributed by atoms with Gasteiger partial charge in [0.1, 0.15) is 0 Å². The average Bonchev–Trinajstić information content (AvgIpc) is 2.33. The molecule has 17 heavy (non-hydrogen) atoms. The number of aromatic nitrogens is 2. The van der Waals surface area contributed by atoms with Crippen molar-refractivity contribution < 1.29 is 4.79 Å². The molecule has 0 aliphatic rings. The molecule has 1 amide bonds. The van der Waals surface area contributed by atoms with Crippen molar-refractivity contribution in [2.75, 3.05) is 0 Å². The van der Waals surface area contributed by atoms with E-state index in [1.165, 1.54) is 17.3 Å². The highest BCUT2D eigenvalue weighted by Crippen LogP contribution is 2.19. The van der Waals surface area contributed by atoms with E-state index >= 15 is 0 Å². The largest absolute Gasteiger partial charge is 0.363 e. The Morgan fingerprint density at radius 2 is 1.94 bits per heavy atom. The molecule has 0 saturated carbocycles. The van der Waals surface area contributed by atoms with Crippen LogP contribution in [0.3, 0.4) is 0 Å². The smallest absolute Gasteiger partial charge is 0.286 e. The van der Waals surface area contributed by atoms with Gasteiger partial charge in [0.2, 0.25) is 5.82 Å². The van der Waals surface area contributed by atoms with Crippen LogP contribution in [0, 0.1) is 13.8 Å². The molecule has 1 heterocycles. The van der Waals surface area contributed by atoms with Crippen molar-refractivity contribution in [1.29, 1.82) is 0 Å². The molecule has 4 nitrogen and oxygen atoms in total. The minimum atomic E-state index is -0.615. The average molecular weight is 227 g/mol. The van der Waals surface area contributed by atoms with Gasteiger partial charge in [-0.1, -0.05) is 12.1 Å². The van der Waals surface area contributed by atoms with Gasteiger partial charge in [-0.3, -0.25) is 4.79 Å². The molecule has 0 fully saturated rings. The highest BCUT2D eigenvalue weighted by atomic mass is 16.1. The van der Waals surface area contributed by atoms with Gasteiger partial charge in [-0.15, -0.1) is 0 Å². The molecule has 0 radical (unpaired) electrons. The molecule has 0 atom stereocenters. The number of hydrogen-bond acceptors (Lipinski definition) is 3. The number of carbonyl (C=O) groups is 1. The van der Waals surface area contributed by atoms with E-state index in [4.69, 9.17) is 5.73 Å². The van der Waals surface area contributed by atoms with Crippen LogP contribution in [0.25, 0.3) is 11.3 Å². The summed E-state index contributed by atoms with van der Waals surface area (Å²) in [4.78, 5) is 18.9. The molecule has 0 saturated heterocycles. The molecular weight excluding hydrogens is 214 g/mol. The van der Waals surface area contributed by atoms with Crippen molar-refractivity contribution in [3.8, 4) is 11.3 Å². The second-order valence-electron chi connectivity index (χ2n) is 3.93. The fraction of sp³-hybridized carbons (Fsp3) is 0.154. The fourth-order valence-electron chi connectivity index (χ4n) is 1.54. The summed E-state index contributed by atoms with van der Waals surface area (Å²) in [5, 5.41) is 0. The molecule has 0 bridgehead atoms. The highest BCUT2D eigenvalue weighted by molar-refractivity contribution is 5.89. The van der Waals surface area contributed by atoms with E-state index in [9.17, 15) is 4.79 Å². The predicted molar refractivity (Wildman–Crippen MR) is 65.5 cm³/mol. The van der Waals surface area contributed by atoms with Gasteiger partial charge in [0.25, 0.3) is 5.91 Å². The SMILES string of the molecule is Cc1ccc(-c2ccnc(C(N)=O)n2)cc1C. The van der Waals surface area contributed by atoms with Crippen LogP contribution in [-0.2, 0) is 0 Å². The summed E-state index contributed by atoms with van der Waals surface area (Å²) in [6, 6.07) is 7.78. The number of nitrogens with zero attached hydrogens (tertiary/aromatic N) is 2. The number of hydrogen-bond donors (Lipinski definition) is 1. The van der Waals surface area contributed by atoms with Gasteiger partial charge in [0.05, 0.1) is 5.69 Å². The Morgan fingerprint density at radius 3 is 2.59 bits per heavy atom. The zero-order chi connectivity index (χ0) is 12.4. The van der Waals surface area contributed by atoms with Crippen LogP contribution in [0.4, 0.5) is 0 Å². The maximum Gasteiger partial charge on any atom is 0.286 e. The van der Waals surface area contributed by atoms with Crippen LogP contribution >= 0.6 is 0 Å². The molecule has 2 N–H and O–H groups in total. The van der Waals surface area contributed by atoms with Crippen molar-refractivity contribution in [3.05, 3.63) is 47.4 Å². The van der Waals surface area contributed by atoms with Crippen molar-refractivity contribution in [3.63, 3.8) is 0 Å². The van der Waals surface area contributed by atoms with Crippen molar-refractivity contribution >= 4 is 5.91 Å². The molecule has 0 aliphatic carbocycles. The fourth-order valence-corrected chi connectivity index (χ4v) is 1.54. The van der Waals surface area contributed by atoms with Gasteiger partial charge in [-0.05, 0) is 37.1 Å².